The maximum atomic E-state index is 9.28. The van der Waals surface area contributed by atoms with E-state index in [2.05, 4.69) is 24.1 Å². The SMILES string of the molecule is COc1c(C)cnc(CNC(CO)C(C)C)c1C. The first kappa shape index (κ1) is 14.9. The van der Waals surface area contributed by atoms with Gasteiger partial charge in [-0.15, -0.1) is 0 Å². The Morgan fingerprint density at radius 2 is 2.06 bits per heavy atom. The third kappa shape index (κ3) is 3.43. The van der Waals surface area contributed by atoms with E-state index in [4.69, 9.17) is 4.74 Å². The highest BCUT2D eigenvalue weighted by molar-refractivity contribution is 5.40. The number of ether oxygens (including phenoxy) is 1. The zero-order valence-electron chi connectivity index (χ0n) is 11.9. The largest absolute Gasteiger partial charge is 0.496 e. The van der Waals surface area contributed by atoms with Crippen LogP contribution in [0.2, 0.25) is 0 Å². The topological polar surface area (TPSA) is 54.4 Å². The van der Waals surface area contributed by atoms with Crippen LogP contribution in [0.25, 0.3) is 0 Å². The van der Waals surface area contributed by atoms with Crippen LogP contribution in [0.5, 0.6) is 5.75 Å². The molecule has 0 aliphatic rings. The van der Waals surface area contributed by atoms with Crippen molar-refractivity contribution in [2.45, 2.75) is 40.3 Å². The lowest BCUT2D eigenvalue weighted by molar-refractivity contribution is 0.209. The molecule has 2 N–H and O–H groups in total. The van der Waals surface area contributed by atoms with Gasteiger partial charge in [0.05, 0.1) is 19.4 Å². The summed E-state index contributed by atoms with van der Waals surface area (Å²) < 4.78 is 5.38. The second kappa shape index (κ2) is 6.71. The van der Waals surface area contributed by atoms with Gasteiger partial charge in [-0.25, -0.2) is 0 Å². The van der Waals surface area contributed by atoms with E-state index < -0.39 is 0 Å². The first-order valence-corrected chi connectivity index (χ1v) is 6.34. The summed E-state index contributed by atoms with van der Waals surface area (Å²) in [6, 6.07) is 0.0958. The maximum absolute atomic E-state index is 9.28. The average Bonchev–Trinajstić information content (AvgIpc) is 2.32. The highest BCUT2D eigenvalue weighted by atomic mass is 16.5. The Kier molecular flexibility index (Phi) is 5.56. The molecular weight excluding hydrogens is 228 g/mol. The van der Waals surface area contributed by atoms with E-state index in [0.29, 0.717) is 12.5 Å². The summed E-state index contributed by atoms with van der Waals surface area (Å²) in [5, 5.41) is 12.6. The lowest BCUT2D eigenvalue weighted by Crippen LogP contribution is -2.36. The van der Waals surface area contributed by atoms with Gasteiger partial charge in [0.2, 0.25) is 0 Å². The van der Waals surface area contributed by atoms with E-state index in [-0.39, 0.29) is 12.6 Å². The highest BCUT2D eigenvalue weighted by Gasteiger charge is 2.14. The molecule has 0 bridgehead atoms. The summed E-state index contributed by atoms with van der Waals surface area (Å²) in [6.07, 6.45) is 1.83. The van der Waals surface area contributed by atoms with Crippen LogP contribution >= 0.6 is 0 Å². The van der Waals surface area contributed by atoms with E-state index in [0.717, 1.165) is 22.6 Å². The monoisotopic (exact) mass is 252 g/mol. The molecule has 1 unspecified atom stereocenters. The molecule has 1 aromatic heterocycles. The van der Waals surface area contributed by atoms with Gasteiger partial charge in [0.1, 0.15) is 5.75 Å². The van der Waals surface area contributed by atoms with Crippen molar-refractivity contribution in [3.63, 3.8) is 0 Å². The fraction of sp³-hybridized carbons (Fsp3) is 0.643. The zero-order valence-corrected chi connectivity index (χ0v) is 11.9. The van der Waals surface area contributed by atoms with Crippen molar-refractivity contribution < 1.29 is 9.84 Å². The van der Waals surface area contributed by atoms with Crippen LogP contribution < -0.4 is 10.1 Å². The van der Waals surface area contributed by atoms with Gasteiger partial charge in [-0.3, -0.25) is 4.98 Å². The molecule has 102 valence electrons. The van der Waals surface area contributed by atoms with Crippen LogP contribution in [0.3, 0.4) is 0 Å². The van der Waals surface area contributed by atoms with Crippen LogP contribution in [0.15, 0.2) is 6.20 Å². The first-order chi connectivity index (χ1) is 8.51. The molecule has 0 fully saturated rings. The predicted octanol–water partition coefficient (Wildman–Crippen LogP) is 1.81. The number of aliphatic hydroxyl groups is 1. The van der Waals surface area contributed by atoms with Gasteiger partial charge in [0.25, 0.3) is 0 Å². The first-order valence-electron chi connectivity index (χ1n) is 6.34. The van der Waals surface area contributed by atoms with E-state index >= 15 is 0 Å². The molecule has 0 saturated heterocycles. The molecule has 1 rings (SSSR count). The summed E-state index contributed by atoms with van der Waals surface area (Å²) in [5.41, 5.74) is 3.07. The Morgan fingerprint density at radius 3 is 2.56 bits per heavy atom. The number of rotatable bonds is 6. The molecule has 0 radical (unpaired) electrons. The molecule has 4 heteroatoms. The minimum Gasteiger partial charge on any atom is -0.496 e. The summed E-state index contributed by atoms with van der Waals surface area (Å²) in [7, 11) is 1.68. The van der Waals surface area contributed by atoms with E-state index in [1.54, 1.807) is 7.11 Å². The Labute approximate surface area is 109 Å². The summed E-state index contributed by atoms with van der Waals surface area (Å²) in [5.74, 6) is 1.29. The predicted molar refractivity (Wildman–Crippen MR) is 72.8 cm³/mol. The minimum atomic E-state index is 0.0958. The zero-order chi connectivity index (χ0) is 13.7. The van der Waals surface area contributed by atoms with Crippen LogP contribution in [0, 0.1) is 19.8 Å². The number of hydrogen-bond acceptors (Lipinski definition) is 4. The highest BCUT2D eigenvalue weighted by Crippen LogP contribution is 2.23. The van der Waals surface area contributed by atoms with Gasteiger partial charge in [0.15, 0.2) is 0 Å². The summed E-state index contributed by atoms with van der Waals surface area (Å²) >= 11 is 0. The van der Waals surface area contributed by atoms with Crippen LogP contribution in [0.4, 0.5) is 0 Å². The number of nitrogens with zero attached hydrogens (tertiary/aromatic N) is 1. The number of aryl methyl sites for hydroxylation is 1. The normalized spacial score (nSPS) is 12.8. The second-order valence-electron chi connectivity index (χ2n) is 4.96. The fourth-order valence-corrected chi connectivity index (χ4v) is 1.99. The van der Waals surface area contributed by atoms with Crippen LogP contribution in [0.1, 0.15) is 30.7 Å². The van der Waals surface area contributed by atoms with E-state index in [1.807, 2.05) is 20.0 Å². The number of nitrogens with one attached hydrogen (secondary N) is 1. The number of methoxy groups -OCH3 is 1. The van der Waals surface area contributed by atoms with Gasteiger partial charge in [-0.2, -0.15) is 0 Å². The van der Waals surface area contributed by atoms with Crippen molar-refractivity contribution in [1.82, 2.24) is 10.3 Å². The molecule has 0 amide bonds. The van der Waals surface area contributed by atoms with Gasteiger partial charge < -0.3 is 15.2 Å². The van der Waals surface area contributed by atoms with Gasteiger partial charge in [-0.1, -0.05) is 13.8 Å². The summed E-state index contributed by atoms with van der Waals surface area (Å²) in [6.45, 7) is 8.96. The Hall–Kier alpha value is -1.13. The molecule has 0 spiro atoms. The minimum absolute atomic E-state index is 0.0958. The molecule has 0 aliphatic heterocycles. The number of aliphatic hydroxyl groups excluding tert-OH is 1. The maximum Gasteiger partial charge on any atom is 0.128 e. The van der Waals surface area contributed by atoms with Crippen LogP contribution in [-0.2, 0) is 6.54 Å². The number of hydrogen-bond donors (Lipinski definition) is 2. The van der Waals surface area contributed by atoms with Crippen molar-refractivity contribution >= 4 is 0 Å². The molecular formula is C14H24N2O2. The van der Waals surface area contributed by atoms with Gasteiger partial charge in [-0.05, 0) is 19.8 Å². The lowest BCUT2D eigenvalue weighted by atomic mass is 10.0. The molecule has 0 aromatic carbocycles. The van der Waals surface area contributed by atoms with E-state index in [9.17, 15) is 5.11 Å². The fourth-order valence-electron chi connectivity index (χ4n) is 1.99. The molecule has 0 aliphatic carbocycles. The smallest absolute Gasteiger partial charge is 0.128 e. The van der Waals surface area contributed by atoms with Gasteiger partial charge in [0, 0.05) is 29.9 Å². The van der Waals surface area contributed by atoms with Crippen molar-refractivity contribution in [1.29, 1.82) is 0 Å². The number of pyridine rings is 1. The third-order valence-electron chi connectivity index (χ3n) is 3.28. The van der Waals surface area contributed by atoms with Crippen molar-refractivity contribution in [3.05, 3.63) is 23.0 Å². The Bertz CT molecular complexity index is 392. The second-order valence-corrected chi connectivity index (χ2v) is 4.96. The van der Waals surface area contributed by atoms with Crippen molar-refractivity contribution in [2.24, 2.45) is 5.92 Å². The van der Waals surface area contributed by atoms with E-state index in [1.165, 1.54) is 0 Å². The molecule has 0 saturated carbocycles. The Balaban J connectivity index is 2.79. The quantitative estimate of drug-likeness (QED) is 0.811. The average molecular weight is 252 g/mol. The Morgan fingerprint density at radius 1 is 1.39 bits per heavy atom. The van der Waals surface area contributed by atoms with Crippen LogP contribution in [-0.4, -0.2) is 29.8 Å². The third-order valence-corrected chi connectivity index (χ3v) is 3.28. The summed E-state index contributed by atoms with van der Waals surface area (Å²) in [4.78, 5) is 4.43. The van der Waals surface area contributed by atoms with Crippen molar-refractivity contribution in [2.75, 3.05) is 13.7 Å². The molecule has 1 atom stereocenters. The molecule has 18 heavy (non-hydrogen) atoms. The standard InChI is InChI=1S/C14H24N2O2/c1-9(2)13(8-17)16-7-12-11(4)14(18-5)10(3)6-15-12/h6,9,13,16-17H,7-8H2,1-5H3. The lowest BCUT2D eigenvalue weighted by Gasteiger charge is -2.20. The molecule has 4 nitrogen and oxygen atoms in total. The molecule has 1 heterocycles. The van der Waals surface area contributed by atoms with Gasteiger partial charge >= 0.3 is 0 Å². The molecule has 1 aromatic rings. The van der Waals surface area contributed by atoms with Crippen molar-refractivity contribution in [3.8, 4) is 5.75 Å². The number of aromatic nitrogens is 1.